The fraction of sp³-hybridized carbons (Fsp3) is 0.857. The Kier molecular flexibility index (Phi) is 5.37. The van der Waals surface area contributed by atoms with Crippen LogP contribution in [0.1, 0.15) is 25.7 Å². The van der Waals surface area contributed by atoms with Crippen LogP contribution in [0.15, 0.2) is 0 Å². The topological polar surface area (TPSA) is 81.1 Å². The molecule has 1 atom stereocenters. The lowest BCUT2D eigenvalue weighted by atomic mass is 9.97. The van der Waals surface area contributed by atoms with Crippen LogP contribution < -0.4 is 0 Å². The molecule has 6 heteroatoms. The van der Waals surface area contributed by atoms with E-state index in [4.69, 9.17) is 5.11 Å². The van der Waals surface area contributed by atoms with E-state index in [-0.39, 0.29) is 24.3 Å². The molecule has 114 valence electrons. The molecule has 2 rings (SSSR count). The van der Waals surface area contributed by atoms with Gasteiger partial charge in [-0.05, 0) is 38.1 Å². The molecule has 0 radical (unpaired) electrons. The Morgan fingerprint density at radius 2 is 1.80 bits per heavy atom. The normalized spacial score (nSPS) is 25.6. The van der Waals surface area contributed by atoms with Gasteiger partial charge in [-0.3, -0.25) is 14.5 Å². The molecule has 20 heavy (non-hydrogen) atoms. The van der Waals surface area contributed by atoms with Crippen LogP contribution in [0.25, 0.3) is 0 Å². The number of carboxylic acids is 1. The highest BCUT2D eigenvalue weighted by Gasteiger charge is 2.28. The fourth-order valence-corrected chi connectivity index (χ4v) is 3.11. The van der Waals surface area contributed by atoms with Crippen LogP contribution in [0.2, 0.25) is 0 Å². The van der Waals surface area contributed by atoms with E-state index >= 15 is 0 Å². The zero-order valence-corrected chi connectivity index (χ0v) is 11.8. The lowest BCUT2D eigenvalue weighted by Gasteiger charge is -2.35. The van der Waals surface area contributed by atoms with Crippen molar-refractivity contribution in [2.75, 3.05) is 39.3 Å². The summed E-state index contributed by atoms with van der Waals surface area (Å²) in [5, 5.41) is 18.1. The van der Waals surface area contributed by atoms with Gasteiger partial charge in [-0.15, -0.1) is 0 Å². The second-order valence-corrected chi connectivity index (χ2v) is 5.92. The maximum atomic E-state index is 12.2. The number of aliphatic carboxylic acids is 1. The SMILES string of the molecule is O=C(O)C1CCN(C(=O)CN2CCCC(CO)C2)CC1. The van der Waals surface area contributed by atoms with Gasteiger partial charge in [0.2, 0.25) is 5.91 Å². The molecular formula is C14H24N2O4. The first kappa shape index (κ1) is 15.3. The van der Waals surface area contributed by atoms with E-state index in [1.54, 1.807) is 4.90 Å². The van der Waals surface area contributed by atoms with Gasteiger partial charge < -0.3 is 15.1 Å². The molecular weight excluding hydrogens is 260 g/mol. The third kappa shape index (κ3) is 3.93. The summed E-state index contributed by atoms with van der Waals surface area (Å²) in [5.74, 6) is -0.673. The molecule has 2 saturated heterocycles. The van der Waals surface area contributed by atoms with Crippen LogP contribution >= 0.6 is 0 Å². The van der Waals surface area contributed by atoms with Crippen LogP contribution in [0.3, 0.4) is 0 Å². The smallest absolute Gasteiger partial charge is 0.306 e. The molecule has 1 amide bonds. The van der Waals surface area contributed by atoms with E-state index in [9.17, 15) is 14.7 Å². The van der Waals surface area contributed by atoms with Crippen LogP contribution in [-0.2, 0) is 9.59 Å². The maximum Gasteiger partial charge on any atom is 0.306 e. The number of hydrogen-bond donors (Lipinski definition) is 2. The second kappa shape index (κ2) is 7.04. The molecule has 2 aliphatic heterocycles. The molecule has 2 heterocycles. The average Bonchev–Trinajstić information content (AvgIpc) is 2.47. The molecule has 0 aromatic carbocycles. The highest BCUT2D eigenvalue weighted by Crippen LogP contribution is 2.19. The summed E-state index contributed by atoms with van der Waals surface area (Å²) < 4.78 is 0. The largest absolute Gasteiger partial charge is 0.481 e. The minimum atomic E-state index is -0.751. The number of carbonyl (C=O) groups excluding carboxylic acids is 1. The molecule has 0 bridgehead atoms. The van der Waals surface area contributed by atoms with Gasteiger partial charge in [0, 0.05) is 26.2 Å². The van der Waals surface area contributed by atoms with Crippen LogP contribution in [0, 0.1) is 11.8 Å². The lowest BCUT2D eigenvalue weighted by Crippen LogP contribution is -2.47. The fourth-order valence-electron chi connectivity index (χ4n) is 3.11. The van der Waals surface area contributed by atoms with Crippen LogP contribution in [-0.4, -0.2) is 71.2 Å². The van der Waals surface area contributed by atoms with Crippen molar-refractivity contribution in [1.29, 1.82) is 0 Å². The van der Waals surface area contributed by atoms with E-state index in [2.05, 4.69) is 4.90 Å². The third-order valence-corrected chi connectivity index (χ3v) is 4.42. The van der Waals surface area contributed by atoms with E-state index in [0.717, 1.165) is 25.9 Å². The minimum Gasteiger partial charge on any atom is -0.481 e. The molecule has 1 unspecified atom stereocenters. The first-order chi connectivity index (χ1) is 9.60. The average molecular weight is 284 g/mol. The summed E-state index contributed by atoms with van der Waals surface area (Å²) in [6.07, 6.45) is 3.17. The zero-order valence-electron chi connectivity index (χ0n) is 11.8. The predicted octanol–water partition coefficient (Wildman–Crippen LogP) is 0.0139. The predicted molar refractivity (Wildman–Crippen MR) is 73.2 cm³/mol. The van der Waals surface area contributed by atoms with Crippen LogP contribution in [0.5, 0.6) is 0 Å². The molecule has 2 N–H and O–H groups in total. The second-order valence-electron chi connectivity index (χ2n) is 5.92. The van der Waals surface area contributed by atoms with E-state index in [0.29, 0.717) is 32.5 Å². The summed E-state index contributed by atoms with van der Waals surface area (Å²) >= 11 is 0. The number of likely N-dealkylation sites (tertiary alicyclic amines) is 2. The van der Waals surface area contributed by atoms with Crippen molar-refractivity contribution in [3.8, 4) is 0 Å². The quantitative estimate of drug-likeness (QED) is 0.760. The highest BCUT2D eigenvalue weighted by molar-refractivity contribution is 5.79. The van der Waals surface area contributed by atoms with Crippen molar-refractivity contribution >= 4 is 11.9 Å². The number of amides is 1. The van der Waals surface area contributed by atoms with E-state index in [1.165, 1.54) is 0 Å². The van der Waals surface area contributed by atoms with Gasteiger partial charge >= 0.3 is 5.97 Å². The summed E-state index contributed by atoms with van der Waals surface area (Å²) in [6, 6.07) is 0. The molecule has 0 aromatic rings. The first-order valence-corrected chi connectivity index (χ1v) is 7.44. The number of carbonyl (C=O) groups is 2. The summed E-state index contributed by atoms with van der Waals surface area (Å²) in [7, 11) is 0. The van der Waals surface area contributed by atoms with Crippen molar-refractivity contribution in [3.63, 3.8) is 0 Å². The van der Waals surface area contributed by atoms with Crippen molar-refractivity contribution in [2.24, 2.45) is 11.8 Å². The number of piperidine rings is 2. The van der Waals surface area contributed by atoms with Crippen molar-refractivity contribution in [3.05, 3.63) is 0 Å². The molecule has 2 fully saturated rings. The number of hydrogen-bond acceptors (Lipinski definition) is 4. The van der Waals surface area contributed by atoms with Gasteiger partial charge in [0.15, 0.2) is 0 Å². The molecule has 2 aliphatic rings. The molecule has 0 aliphatic carbocycles. The van der Waals surface area contributed by atoms with Crippen LogP contribution in [0.4, 0.5) is 0 Å². The Hall–Kier alpha value is -1.14. The summed E-state index contributed by atoms with van der Waals surface area (Å²) in [6.45, 7) is 3.38. The molecule has 0 spiro atoms. The van der Waals surface area contributed by atoms with Gasteiger partial charge in [0.1, 0.15) is 0 Å². The Morgan fingerprint density at radius 1 is 1.10 bits per heavy atom. The molecule has 6 nitrogen and oxygen atoms in total. The third-order valence-electron chi connectivity index (χ3n) is 4.42. The van der Waals surface area contributed by atoms with E-state index in [1.807, 2.05) is 0 Å². The molecule has 0 aromatic heterocycles. The van der Waals surface area contributed by atoms with Gasteiger partial charge in [-0.25, -0.2) is 0 Å². The Bertz CT molecular complexity index is 353. The maximum absolute atomic E-state index is 12.2. The Labute approximate surface area is 119 Å². The van der Waals surface area contributed by atoms with Crippen molar-refractivity contribution in [1.82, 2.24) is 9.80 Å². The number of rotatable bonds is 4. The van der Waals surface area contributed by atoms with E-state index < -0.39 is 5.97 Å². The Morgan fingerprint density at radius 3 is 2.40 bits per heavy atom. The van der Waals surface area contributed by atoms with Gasteiger partial charge in [-0.2, -0.15) is 0 Å². The molecule has 0 saturated carbocycles. The summed E-state index contributed by atoms with van der Waals surface area (Å²) in [4.78, 5) is 27.0. The number of aliphatic hydroxyl groups is 1. The van der Waals surface area contributed by atoms with Gasteiger partial charge in [0.25, 0.3) is 0 Å². The van der Waals surface area contributed by atoms with Gasteiger partial charge in [-0.1, -0.05) is 0 Å². The Balaban J connectivity index is 1.76. The van der Waals surface area contributed by atoms with Crippen molar-refractivity contribution in [2.45, 2.75) is 25.7 Å². The summed E-state index contributed by atoms with van der Waals surface area (Å²) in [5.41, 5.74) is 0. The highest BCUT2D eigenvalue weighted by atomic mass is 16.4. The number of carboxylic acid groups (broad SMARTS) is 1. The minimum absolute atomic E-state index is 0.0902. The zero-order chi connectivity index (χ0) is 14.5. The number of nitrogens with zero attached hydrogens (tertiary/aromatic N) is 2. The standard InChI is InChI=1S/C14H24N2O4/c17-10-11-2-1-5-15(8-11)9-13(18)16-6-3-12(4-7-16)14(19)20/h11-12,17H,1-10H2,(H,19,20). The number of aliphatic hydroxyl groups excluding tert-OH is 1. The monoisotopic (exact) mass is 284 g/mol. The van der Waals surface area contributed by atoms with Crippen molar-refractivity contribution < 1.29 is 19.8 Å². The lowest BCUT2D eigenvalue weighted by molar-refractivity contribution is -0.146. The first-order valence-electron chi connectivity index (χ1n) is 7.44. The van der Waals surface area contributed by atoms with Gasteiger partial charge in [0.05, 0.1) is 12.5 Å².